The SMILES string of the molecule is COc1ccc(NCC(F)(F)F)cc1Cl. The standard InChI is InChI=1S/C9H9ClF3NO/c1-15-8-3-2-6(4-7(8)10)14-5-9(11,12)13/h2-4,14H,5H2,1H3. The first-order valence-electron chi connectivity index (χ1n) is 4.06. The van der Waals surface area contributed by atoms with Crippen LogP contribution in [-0.2, 0) is 0 Å². The third-order valence-electron chi connectivity index (χ3n) is 1.64. The van der Waals surface area contributed by atoms with E-state index in [1.165, 1.54) is 25.3 Å². The number of alkyl halides is 3. The summed E-state index contributed by atoms with van der Waals surface area (Å²) in [6, 6.07) is 4.35. The van der Waals surface area contributed by atoms with Gasteiger partial charge in [0.05, 0.1) is 12.1 Å². The Morgan fingerprint density at radius 1 is 1.40 bits per heavy atom. The first-order chi connectivity index (χ1) is 6.92. The molecule has 0 saturated heterocycles. The molecular formula is C9H9ClF3NO. The fourth-order valence-corrected chi connectivity index (χ4v) is 1.24. The Kier molecular flexibility index (Phi) is 3.68. The number of hydrogen-bond acceptors (Lipinski definition) is 2. The summed E-state index contributed by atoms with van der Waals surface area (Å²) in [7, 11) is 1.43. The Bertz CT molecular complexity index is 341. The lowest BCUT2D eigenvalue weighted by molar-refractivity contribution is -0.115. The van der Waals surface area contributed by atoms with Crippen LogP contribution in [0.3, 0.4) is 0 Å². The Morgan fingerprint density at radius 3 is 2.53 bits per heavy atom. The Morgan fingerprint density at radius 2 is 2.07 bits per heavy atom. The fourth-order valence-electron chi connectivity index (χ4n) is 0.979. The number of methoxy groups -OCH3 is 1. The van der Waals surface area contributed by atoms with Crippen LogP contribution in [0.4, 0.5) is 18.9 Å². The van der Waals surface area contributed by atoms with Gasteiger partial charge < -0.3 is 10.1 Å². The maximum absolute atomic E-state index is 11.9. The number of nitrogens with one attached hydrogen (secondary N) is 1. The molecule has 1 N–H and O–H groups in total. The first-order valence-corrected chi connectivity index (χ1v) is 4.44. The highest BCUT2D eigenvalue weighted by Crippen LogP contribution is 2.27. The van der Waals surface area contributed by atoms with E-state index in [4.69, 9.17) is 16.3 Å². The van der Waals surface area contributed by atoms with Gasteiger partial charge in [-0.2, -0.15) is 13.2 Å². The second kappa shape index (κ2) is 4.61. The van der Waals surface area contributed by atoms with Crippen molar-refractivity contribution in [2.24, 2.45) is 0 Å². The summed E-state index contributed by atoms with van der Waals surface area (Å²) in [5.41, 5.74) is 0.304. The Labute approximate surface area is 90.0 Å². The Balaban J connectivity index is 2.68. The maximum Gasteiger partial charge on any atom is 0.405 e. The first kappa shape index (κ1) is 12.0. The van der Waals surface area contributed by atoms with E-state index in [1.807, 2.05) is 0 Å². The number of ether oxygens (including phenoxy) is 1. The summed E-state index contributed by atoms with van der Waals surface area (Å²) >= 11 is 5.73. The van der Waals surface area contributed by atoms with Crippen LogP contribution in [0.2, 0.25) is 5.02 Å². The molecule has 0 aliphatic rings. The fraction of sp³-hybridized carbons (Fsp3) is 0.333. The van der Waals surface area contributed by atoms with Crippen LogP contribution in [0, 0.1) is 0 Å². The van der Waals surface area contributed by atoms with Crippen molar-refractivity contribution in [2.45, 2.75) is 6.18 Å². The lowest BCUT2D eigenvalue weighted by Crippen LogP contribution is -2.21. The zero-order valence-electron chi connectivity index (χ0n) is 7.86. The topological polar surface area (TPSA) is 21.3 Å². The second-order valence-corrected chi connectivity index (χ2v) is 3.23. The molecule has 0 unspecified atom stereocenters. The van der Waals surface area contributed by atoms with Gasteiger partial charge >= 0.3 is 6.18 Å². The van der Waals surface area contributed by atoms with E-state index >= 15 is 0 Å². The van der Waals surface area contributed by atoms with Crippen LogP contribution in [0.1, 0.15) is 0 Å². The minimum Gasteiger partial charge on any atom is -0.495 e. The minimum absolute atomic E-state index is 0.268. The van der Waals surface area contributed by atoms with Crippen molar-refractivity contribution in [3.63, 3.8) is 0 Å². The van der Waals surface area contributed by atoms with E-state index in [0.29, 0.717) is 11.4 Å². The van der Waals surface area contributed by atoms with E-state index in [2.05, 4.69) is 5.32 Å². The summed E-state index contributed by atoms with van der Waals surface area (Å²) in [5, 5.41) is 2.48. The van der Waals surface area contributed by atoms with E-state index in [0.717, 1.165) is 0 Å². The van der Waals surface area contributed by atoms with Crippen molar-refractivity contribution in [2.75, 3.05) is 19.0 Å². The van der Waals surface area contributed by atoms with E-state index in [9.17, 15) is 13.2 Å². The maximum atomic E-state index is 11.9. The molecule has 0 saturated carbocycles. The largest absolute Gasteiger partial charge is 0.495 e. The molecule has 2 nitrogen and oxygen atoms in total. The third-order valence-corrected chi connectivity index (χ3v) is 1.94. The number of halogens is 4. The average Bonchev–Trinajstić information content (AvgIpc) is 2.14. The van der Waals surface area contributed by atoms with Gasteiger partial charge in [-0.25, -0.2) is 0 Å². The number of hydrogen-bond donors (Lipinski definition) is 1. The lowest BCUT2D eigenvalue weighted by atomic mass is 10.3. The molecule has 0 atom stereocenters. The molecule has 15 heavy (non-hydrogen) atoms. The summed E-state index contributed by atoms with van der Waals surface area (Å²) in [6.45, 7) is -1.09. The second-order valence-electron chi connectivity index (χ2n) is 2.82. The van der Waals surface area contributed by atoms with Gasteiger partial charge in [0.15, 0.2) is 0 Å². The van der Waals surface area contributed by atoms with Gasteiger partial charge in [0, 0.05) is 5.69 Å². The molecule has 0 amide bonds. The molecule has 0 aliphatic heterocycles. The molecule has 0 spiro atoms. The summed E-state index contributed by atoms with van der Waals surface area (Å²) < 4.78 is 40.5. The molecule has 0 aliphatic carbocycles. The van der Waals surface area contributed by atoms with Crippen LogP contribution >= 0.6 is 11.6 Å². The smallest absolute Gasteiger partial charge is 0.405 e. The van der Waals surface area contributed by atoms with Gasteiger partial charge in [-0.3, -0.25) is 0 Å². The van der Waals surface area contributed by atoms with Gasteiger partial charge in [-0.1, -0.05) is 11.6 Å². The molecule has 0 aromatic heterocycles. The Hall–Kier alpha value is -1.10. The molecule has 0 bridgehead atoms. The van der Waals surface area contributed by atoms with Gasteiger partial charge in [0.25, 0.3) is 0 Å². The van der Waals surface area contributed by atoms with Crippen LogP contribution in [0.25, 0.3) is 0 Å². The molecular weight excluding hydrogens is 231 g/mol. The molecule has 1 aromatic rings. The van der Waals surface area contributed by atoms with Crippen molar-refractivity contribution >= 4 is 17.3 Å². The van der Waals surface area contributed by atoms with Gasteiger partial charge in [-0.15, -0.1) is 0 Å². The van der Waals surface area contributed by atoms with Crippen molar-refractivity contribution in [1.82, 2.24) is 0 Å². The van der Waals surface area contributed by atoms with Crippen molar-refractivity contribution < 1.29 is 17.9 Å². The van der Waals surface area contributed by atoms with Crippen molar-refractivity contribution in [3.8, 4) is 5.75 Å². The number of benzene rings is 1. The van der Waals surface area contributed by atoms with Crippen molar-refractivity contribution in [1.29, 1.82) is 0 Å². The van der Waals surface area contributed by atoms with E-state index < -0.39 is 12.7 Å². The quantitative estimate of drug-likeness (QED) is 0.874. The van der Waals surface area contributed by atoms with Gasteiger partial charge in [0.1, 0.15) is 12.3 Å². The predicted octanol–water partition coefficient (Wildman–Crippen LogP) is 3.32. The zero-order chi connectivity index (χ0) is 11.5. The number of rotatable bonds is 3. The van der Waals surface area contributed by atoms with Crippen LogP contribution in [0.15, 0.2) is 18.2 Å². The molecule has 0 fully saturated rings. The zero-order valence-corrected chi connectivity index (χ0v) is 8.62. The van der Waals surface area contributed by atoms with E-state index in [1.54, 1.807) is 0 Å². The normalized spacial score (nSPS) is 11.3. The third kappa shape index (κ3) is 3.87. The van der Waals surface area contributed by atoms with E-state index in [-0.39, 0.29) is 5.02 Å². The molecule has 0 radical (unpaired) electrons. The van der Waals surface area contributed by atoms with Crippen molar-refractivity contribution in [3.05, 3.63) is 23.2 Å². The molecule has 0 heterocycles. The van der Waals surface area contributed by atoms with Crippen LogP contribution < -0.4 is 10.1 Å². The summed E-state index contributed by atoms with van der Waals surface area (Å²) in [4.78, 5) is 0. The summed E-state index contributed by atoms with van der Waals surface area (Å²) in [6.07, 6.45) is -4.24. The molecule has 1 aromatic carbocycles. The molecule has 6 heteroatoms. The minimum atomic E-state index is -4.24. The highest BCUT2D eigenvalue weighted by Gasteiger charge is 2.26. The molecule has 84 valence electrons. The predicted molar refractivity (Wildman–Crippen MR) is 52.5 cm³/mol. The lowest BCUT2D eigenvalue weighted by Gasteiger charge is -2.10. The van der Waals surface area contributed by atoms with Crippen LogP contribution in [0.5, 0.6) is 5.75 Å². The average molecular weight is 240 g/mol. The number of anilines is 1. The molecule has 1 rings (SSSR count). The highest BCUT2D eigenvalue weighted by atomic mass is 35.5. The van der Waals surface area contributed by atoms with Crippen LogP contribution in [-0.4, -0.2) is 19.8 Å². The summed E-state index contributed by atoms with van der Waals surface area (Å²) in [5.74, 6) is 0.425. The monoisotopic (exact) mass is 239 g/mol. The van der Waals surface area contributed by atoms with Gasteiger partial charge in [0.2, 0.25) is 0 Å². The highest BCUT2D eigenvalue weighted by molar-refractivity contribution is 6.32. The van der Waals surface area contributed by atoms with Gasteiger partial charge in [-0.05, 0) is 18.2 Å².